The molecule has 48 heavy (non-hydrogen) atoms. The Morgan fingerprint density at radius 2 is 1.15 bits per heavy atom. The van der Waals surface area contributed by atoms with Gasteiger partial charge in [-0.1, -0.05) is 103 Å². The minimum absolute atomic E-state index is 0.902. The van der Waals surface area contributed by atoms with E-state index in [-0.39, 0.29) is 0 Å². The highest BCUT2D eigenvalue weighted by Gasteiger charge is 2.33. The van der Waals surface area contributed by atoms with Gasteiger partial charge >= 0.3 is 11.5 Å². The number of ether oxygens (including phenoxy) is 1. The molecule has 0 amide bonds. The third-order valence-electron chi connectivity index (χ3n) is 8.69. The lowest BCUT2D eigenvalue weighted by atomic mass is 9.96. The first kappa shape index (κ1) is 31.5. The molecule has 0 unspecified atom stereocenters. The predicted molar refractivity (Wildman–Crippen MR) is 175 cm³/mol. The number of hydrogen-bond acceptors (Lipinski definition) is 5. The van der Waals surface area contributed by atoms with Crippen LogP contribution in [0.4, 0.5) is 0 Å². The number of halogens is 1. The quantitative estimate of drug-likeness (QED) is 0.214. The van der Waals surface area contributed by atoms with E-state index in [0.717, 1.165) is 71.0 Å². The van der Waals surface area contributed by atoms with Crippen LogP contribution in [0.25, 0.3) is 39.7 Å². The fraction of sp³-hybridized carbons (Fsp3) is 0.0976. The molecule has 1 aromatic heterocycles. The van der Waals surface area contributed by atoms with E-state index < -0.39 is 10.2 Å². The van der Waals surface area contributed by atoms with Crippen molar-refractivity contribution in [3.8, 4) is 22.6 Å². The molecule has 238 valence electrons. The molecule has 6 nitrogen and oxygen atoms in total. The first-order valence-electron chi connectivity index (χ1n) is 15.7. The summed E-state index contributed by atoms with van der Waals surface area (Å²) in [6.45, 7) is 0. The lowest BCUT2D eigenvalue weighted by molar-refractivity contribution is -2.00. The Hall–Kier alpha value is -5.08. The smallest absolute Gasteiger partial charge is 0.364 e. The Kier molecular flexibility index (Phi) is 8.91. The molecule has 3 aliphatic rings. The molecule has 0 saturated carbocycles. The first-order valence-corrected chi connectivity index (χ1v) is 17.0. The van der Waals surface area contributed by atoms with Gasteiger partial charge in [0.25, 0.3) is 0 Å². The van der Waals surface area contributed by atoms with Gasteiger partial charge in [-0.05, 0) is 78.3 Å². The summed E-state index contributed by atoms with van der Waals surface area (Å²) in [5, 5.41) is 0. The van der Waals surface area contributed by atoms with E-state index in [9.17, 15) is 0 Å². The van der Waals surface area contributed by atoms with Gasteiger partial charge in [0.1, 0.15) is 11.5 Å². The average Bonchev–Trinajstić information content (AvgIpc) is 3.72. The van der Waals surface area contributed by atoms with E-state index in [0.29, 0.717) is 0 Å². The summed E-state index contributed by atoms with van der Waals surface area (Å²) in [5.41, 5.74) is 12.4. The van der Waals surface area contributed by atoms with Crippen molar-refractivity contribution in [3.05, 3.63) is 179 Å². The van der Waals surface area contributed by atoms with Gasteiger partial charge in [0, 0.05) is 16.7 Å². The molecule has 0 saturated heterocycles. The minimum Gasteiger partial charge on any atom is -0.456 e. The van der Waals surface area contributed by atoms with Gasteiger partial charge in [-0.15, -0.1) is 10.2 Å². The molecule has 2 aliphatic carbocycles. The van der Waals surface area contributed by atoms with Crippen LogP contribution in [-0.4, -0.2) is 0 Å². The Morgan fingerprint density at radius 3 is 1.75 bits per heavy atom. The van der Waals surface area contributed by atoms with Crippen molar-refractivity contribution in [1.82, 2.24) is 0 Å². The van der Waals surface area contributed by atoms with Crippen LogP contribution in [0.15, 0.2) is 161 Å². The van der Waals surface area contributed by atoms with Crippen LogP contribution < -0.4 is 18.6 Å². The molecule has 0 atom stereocenters. The SMILES string of the molecule is C1=C(c2ccccc2)OC(c2ccccc2)=C2CCC(/C=C3\CCc4c3cc(-c3ccccc3)[o+]c4-c3ccccc3)=C12.[O-][Cl+3]([O-])([O-])[O-]. The fourth-order valence-electron chi connectivity index (χ4n) is 6.59. The molecule has 0 spiro atoms. The van der Waals surface area contributed by atoms with E-state index in [4.69, 9.17) is 27.8 Å². The molecule has 7 heteroatoms. The normalized spacial score (nSPS) is 16.2. The Morgan fingerprint density at radius 1 is 0.604 bits per heavy atom. The number of allylic oxidation sites excluding steroid dienone is 6. The zero-order valence-corrected chi connectivity index (χ0v) is 26.7. The lowest BCUT2D eigenvalue weighted by Crippen LogP contribution is -2.68. The summed E-state index contributed by atoms with van der Waals surface area (Å²) >= 11 is 0. The van der Waals surface area contributed by atoms with Crippen LogP contribution in [-0.2, 0) is 11.2 Å². The van der Waals surface area contributed by atoms with Gasteiger partial charge in [0.15, 0.2) is 0 Å². The summed E-state index contributed by atoms with van der Waals surface area (Å²) in [4.78, 5) is 0. The Balaban J connectivity index is 0.000000681. The number of rotatable bonds is 5. The summed E-state index contributed by atoms with van der Waals surface area (Å²) in [7, 11) is -4.94. The highest BCUT2D eigenvalue weighted by atomic mass is 35.7. The molecule has 1 aliphatic heterocycles. The second-order valence-electron chi connectivity index (χ2n) is 11.7. The second kappa shape index (κ2) is 13.6. The van der Waals surface area contributed by atoms with Crippen molar-refractivity contribution in [2.45, 2.75) is 25.7 Å². The monoisotopic (exact) mass is 654 g/mol. The molecule has 0 N–H and O–H groups in total. The predicted octanol–water partition coefficient (Wildman–Crippen LogP) is 6.04. The number of fused-ring (bicyclic) bond motifs is 2. The maximum Gasteiger partial charge on any atom is 0.364 e. The zero-order chi connectivity index (χ0) is 33.1. The van der Waals surface area contributed by atoms with Gasteiger partial charge in [0.2, 0.25) is 0 Å². The molecule has 0 bridgehead atoms. The van der Waals surface area contributed by atoms with E-state index in [2.05, 4.69) is 127 Å². The van der Waals surface area contributed by atoms with Gasteiger partial charge in [0.05, 0.1) is 22.8 Å². The van der Waals surface area contributed by atoms with Gasteiger partial charge in [-0.2, -0.15) is 0 Å². The molecular weight excluding hydrogens is 624 g/mol. The third-order valence-corrected chi connectivity index (χ3v) is 8.69. The van der Waals surface area contributed by atoms with Crippen molar-refractivity contribution < 1.29 is 38.0 Å². The highest BCUT2D eigenvalue weighted by Crippen LogP contribution is 2.47. The van der Waals surface area contributed by atoms with Crippen LogP contribution in [0, 0.1) is 10.2 Å². The second-order valence-corrected chi connectivity index (χ2v) is 12.5. The molecule has 0 radical (unpaired) electrons. The highest BCUT2D eigenvalue weighted by molar-refractivity contribution is 5.86. The standard InChI is InChI=1S/C41H31O2.ClHO4/c1-5-13-28(14-6-1)38-26-36-32(21-23-34(36)40(42-38)30-17-9-3-10-18-30)25-33-22-24-35-37(33)27-39(29-15-7-2-8-16-29)43-41(35)31-19-11-4-12-20-31;2-1(3,4)5/h1-20,25-27H,21-24H2;(H,2,3,4,5)/q+1;/p-1. The van der Waals surface area contributed by atoms with E-state index in [1.807, 2.05) is 12.1 Å². The number of benzene rings is 4. The zero-order valence-electron chi connectivity index (χ0n) is 25.9. The van der Waals surface area contributed by atoms with E-state index >= 15 is 0 Å². The maximum atomic E-state index is 8.49. The molecular formula is C41H31ClO6. The van der Waals surface area contributed by atoms with Crippen LogP contribution >= 0.6 is 0 Å². The summed E-state index contributed by atoms with van der Waals surface area (Å²) < 4.78 is 47.3. The topological polar surface area (TPSA) is 113 Å². The summed E-state index contributed by atoms with van der Waals surface area (Å²) in [6.07, 6.45) is 8.66. The van der Waals surface area contributed by atoms with E-state index in [1.165, 1.54) is 33.4 Å². The van der Waals surface area contributed by atoms with Crippen LogP contribution in [0.2, 0.25) is 0 Å². The molecule has 0 fully saturated rings. The largest absolute Gasteiger partial charge is 0.456 e. The van der Waals surface area contributed by atoms with Crippen molar-refractivity contribution in [2.24, 2.45) is 0 Å². The molecule has 8 rings (SSSR count). The molecule has 4 aromatic carbocycles. The van der Waals surface area contributed by atoms with Gasteiger partial charge in [-0.25, -0.2) is 23.1 Å². The van der Waals surface area contributed by atoms with E-state index in [1.54, 1.807) is 0 Å². The summed E-state index contributed by atoms with van der Waals surface area (Å²) in [6, 6.07) is 44.2. The Labute approximate surface area is 281 Å². The third kappa shape index (κ3) is 6.94. The summed E-state index contributed by atoms with van der Waals surface area (Å²) in [5.74, 6) is 3.76. The minimum atomic E-state index is -4.94. The fourth-order valence-corrected chi connectivity index (χ4v) is 6.59. The van der Waals surface area contributed by atoms with Gasteiger partial charge in [-0.3, -0.25) is 0 Å². The lowest BCUT2D eigenvalue weighted by Gasteiger charge is -2.22. The van der Waals surface area contributed by atoms with Crippen molar-refractivity contribution >= 4 is 17.1 Å². The molecule has 2 heterocycles. The van der Waals surface area contributed by atoms with Crippen molar-refractivity contribution in [3.63, 3.8) is 0 Å². The maximum absolute atomic E-state index is 8.49. The first-order chi connectivity index (χ1) is 23.3. The Bertz CT molecular complexity index is 2050. The van der Waals surface area contributed by atoms with Crippen molar-refractivity contribution in [2.75, 3.05) is 0 Å². The average molecular weight is 655 g/mol. The van der Waals surface area contributed by atoms with Crippen LogP contribution in [0.5, 0.6) is 0 Å². The van der Waals surface area contributed by atoms with Gasteiger partial charge < -0.3 is 4.74 Å². The van der Waals surface area contributed by atoms with Crippen molar-refractivity contribution in [1.29, 1.82) is 0 Å². The van der Waals surface area contributed by atoms with Crippen LogP contribution in [0.1, 0.15) is 41.5 Å². The molecule has 5 aromatic rings. The van der Waals surface area contributed by atoms with Crippen LogP contribution in [0.3, 0.4) is 0 Å². The number of hydrogen-bond donors (Lipinski definition) is 0.